The molecule has 3 rings (SSSR count). The fraction of sp³-hybridized carbons (Fsp3) is 0.538. The van der Waals surface area contributed by atoms with Crippen LogP contribution in [0.15, 0.2) is 20.7 Å². The Morgan fingerprint density at radius 2 is 2.35 bits per heavy atom. The van der Waals surface area contributed by atoms with Crippen LogP contribution in [0, 0.1) is 0 Å². The summed E-state index contributed by atoms with van der Waals surface area (Å²) in [6.45, 7) is 3.04. The summed E-state index contributed by atoms with van der Waals surface area (Å²) in [5.74, 6) is 0.948. The van der Waals surface area contributed by atoms with E-state index in [0.717, 1.165) is 49.2 Å². The van der Waals surface area contributed by atoms with Crippen molar-refractivity contribution in [2.24, 2.45) is 0 Å². The van der Waals surface area contributed by atoms with Crippen molar-refractivity contribution >= 4 is 27.3 Å². The molecule has 0 unspecified atom stereocenters. The Hall–Kier alpha value is -0.920. The largest absolute Gasteiger partial charge is 0.345 e. The van der Waals surface area contributed by atoms with Crippen LogP contribution in [0.2, 0.25) is 0 Å². The quantitative estimate of drug-likeness (QED) is 0.833. The molecule has 0 amide bonds. The second-order valence-corrected chi connectivity index (χ2v) is 6.85. The molecule has 2 aromatic heterocycles. The highest BCUT2D eigenvalue weighted by atomic mass is 79.9. The highest BCUT2D eigenvalue weighted by Crippen LogP contribution is 2.19. The maximum Gasteiger partial charge on any atom is 0.345 e. The summed E-state index contributed by atoms with van der Waals surface area (Å²) in [6, 6.07) is 2.11. The number of fused-ring (bicyclic) bond motifs is 1. The van der Waals surface area contributed by atoms with E-state index in [1.807, 2.05) is 4.57 Å². The number of rotatable bonds is 5. The van der Waals surface area contributed by atoms with Gasteiger partial charge in [0, 0.05) is 40.8 Å². The van der Waals surface area contributed by atoms with Crippen LogP contribution in [-0.2, 0) is 26.1 Å². The van der Waals surface area contributed by atoms with E-state index in [0.29, 0.717) is 6.54 Å². The van der Waals surface area contributed by atoms with Crippen molar-refractivity contribution in [3.63, 3.8) is 0 Å². The Morgan fingerprint density at radius 3 is 3.10 bits per heavy atom. The Labute approximate surface area is 129 Å². The van der Waals surface area contributed by atoms with Gasteiger partial charge in [-0.3, -0.25) is 4.57 Å². The highest BCUT2D eigenvalue weighted by Gasteiger charge is 2.15. The van der Waals surface area contributed by atoms with Gasteiger partial charge in [-0.05, 0) is 34.8 Å². The van der Waals surface area contributed by atoms with Crippen molar-refractivity contribution in [2.75, 3.05) is 6.54 Å². The van der Waals surface area contributed by atoms with E-state index in [4.69, 9.17) is 0 Å². The lowest BCUT2D eigenvalue weighted by Crippen LogP contribution is -2.30. The maximum absolute atomic E-state index is 12.1. The van der Waals surface area contributed by atoms with Gasteiger partial charge in [0.1, 0.15) is 5.82 Å². The molecule has 1 N–H and O–H groups in total. The molecule has 0 radical (unpaired) electrons. The van der Waals surface area contributed by atoms with Gasteiger partial charge in [-0.15, -0.1) is 11.3 Å². The van der Waals surface area contributed by atoms with E-state index < -0.39 is 0 Å². The minimum Gasteiger partial charge on any atom is -0.310 e. The van der Waals surface area contributed by atoms with Gasteiger partial charge < -0.3 is 5.32 Å². The van der Waals surface area contributed by atoms with Gasteiger partial charge in [-0.2, -0.15) is 5.10 Å². The van der Waals surface area contributed by atoms with Gasteiger partial charge >= 0.3 is 5.69 Å². The molecule has 2 aromatic rings. The van der Waals surface area contributed by atoms with Crippen molar-refractivity contribution in [2.45, 2.75) is 38.9 Å². The number of nitrogens with one attached hydrogen (secondary N) is 1. The number of hydrogen-bond acceptors (Lipinski definition) is 4. The number of thiophene rings is 1. The van der Waals surface area contributed by atoms with Crippen LogP contribution in [0.3, 0.4) is 0 Å². The minimum atomic E-state index is 0.0420. The van der Waals surface area contributed by atoms with E-state index in [2.05, 4.69) is 37.8 Å². The van der Waals surface area contributed by atoms with Crippen LogP contribution in [0.1, 0.15) is 23.5 Å². The Balaban J connectivity index is 1.54. The van der Waals surface area contributed by atoms with Crippen LogP contribution in [0.25, 0.3) is 0 Å². The summed E-state index contributed by atoms with van der Waals surface area (Å²) in [4.78, 5) is 13.4. The minimum absolute atomic E-state index is 0.0420. The molecule has 0 spiro atoms. The fourth-order valence-corrected chi connectivity index (χ4v) is 3.86. The summed E-state index contributed by atoms with van der Waals surface area (Å²) < 4.78 is 4.54. The Morgan fingerprint density at radius 1 is 1.45 bits per heavy atom. The second kappa shape index (κ2) is 6.24. The number of hydrogen-bond donors (Lipinski definition) is 1. The molecule has 0 saturated heterocycles. The first kappa shape index (κ1) is 14.0. The lowest BCUT2D eigenvalue weighted by molar-refractivity contribution is 0.508. The predicted octanol–water partition coefficient (Wildman–Crippen LogP) is 1.99. The van der Waals surface area contributed by atoms with Crippen molar-refractivity contribution in [3.8, 4) is 0 Å². The molecular weight excluding hydrogens is 340 g/mol. The smallest absolute Gasteiger partial charge is 0.310 e. The van der Waals surface area contributed by atoms with Gasteiger partial charge in [0.25, 0.3) is 0 Å². The summed E-state index contributed by atoms with van der Waals surface area (Å²) in [7, 11) is 0. The zero-order chi connectivity index (χ0) is 13.9. The lowest BCUT2D eigenvalue weighted by Gasteiger charge is -2.09. The summed E-state index contributed by atoms with van der Waals surface area (Å²) in [6.07, 6.45) is 3.16. The highest BCUT2D eigenvalue weighted by molar-refractivity contribution is 9.10. The predicted molar refractivity (Wildman–Crippen MR) is 83.2 cm³/mol. The van der Waals surface area contributed by atoms with Gasteiger partial charge in [0.2, 0.25) is 0 Å². The number of aryl methyl sites for hydroxylation is 1. The summed E-state index contributed by atoms with van der Waals surface area (Å²) >= 11 is 5.17. The van der Waals surface area contributed by atoms with Gasteiger partial charge in [0.05, 0.1) is 6.54 Å². The summed E-state index contributed by atoms with van der Waals surface area (Å²) in [5, 5.41) is 9.85. The van der Waals surface area contributed by atoms with Crippen LogP contribution in [-0.4, -0.2) is 20.9 Å². The van der Waals surface area contributed by atoms with Crippen LogP contribution in [0.4, 0.5) is 0 Å². The standard InChI is InChI=1S/C13H17BrN4OS/c14-10-7-11(20-9-10)8-15-4-6-18-13(19)17-5-2-1-3-12(17)16-18/h7,9,15H,1-6,8H2. The molecule has 0 fully saturated rings. The molecule has 3 heterocycles. The molecule has 108 valence electrons. The third-order valence-electron chi connectivity index (χ3n) is 3.45. The van der Waals surface area contributed by atoms with Crippen molar-refractivity contribution in [1.29, 1.82) is 0 Å². The first-order valence-electron chi connectivity index (χ1n) is 6.84. The molecule has 0 aromatic carbocycles. The van der Waals surface area contributed by atoms with E-state index in [1.54, 1.807) is 16.0 Å². The molecule has 1 aliphatic rings. The number of nitrogens with zero attached hydrogens (tertiary/aromatic N) is 3. The topological polar surface area (TPSA) is 51.9 Å². The molecule has 0 aliphatic carbocycles. The van der Waals surface area contributed by atoms with Crippen molar-refractivity contribution < 1.29 is 0 Å². The molecule has 5 nitrogen and oxygen atoms in total. The van der Waals surface area contributed by atoms with Crippen LogP contribution < -0.4 is 11.0 Å². The van der Waals surface area contributed by atoms with E-state index in [-0.39, 0.29) is 5.69 Å². The van der Waals surface area contributed by atoms with Gasteiger partial charge in [-0.25, -0.2) is 9.48 Å². The maximum atomic E-state index is 12.1. The molecule has 7 heteroatoms. The molecular formula is C13H17BrN4OS. The number of halogens is 1. The zero-order valence-corrected chi connectivity index (χ0v) is 13.5. The Kier molecular flexibility index (Phi) is 4.38. The van der Waals surface area contributed by atoms with E-state index in [9.17, 15) is 4.79 Å². The second-order valence-electron chi connectivity index (χ2n) is 4.94. The lowest BCUT2D eigenvalue weighted by atomic mass is 10.2. The average Bonchev–Trinajstić information content (AvgIpc) is 3.00. The van der Waals surface area contributed by atoms with Crippen molar-refractivity contribution in [1.82, 2.24) is 19.7 Å². The summed E-state index contributed by atoms with van der Waals surface area (Å²) in [5.41, 5.74) is 0.0420. The normalized spacial score (nSPS) is 14.4. The third-order valence-corrected chi connectivity index (χ3v) is 5.15. The zero-order valence-electron chi connectivity index (χ0n) is 11.1. The Bertz CT molecular complexity index is 645. The average molecular weight is 357 g/mol. The van der Waals surface area contributed by atoms with Gasteiger partial charge in [-0.1, -0.05) is 0 Å². The first-order valence-corrected chi connectivity index (χ1v) is 8.51. The molecule has 0 saturated carbocycles. The molecule has 0 atom stereocenters. The monoisotopic (exact) mass is 356 g/mol. The van der Waals surface area contributed by atoms with E-state index >= 15 is 0 Å². The third kappa shape index (κ3) is 3.05. The van der Waals surface area contributed by atoms with E-state index in [1.165, 1.54) is 4.88 Å². The molecule has 1 aliphatic heterocycles. The first-order chi connectivity index (χ1) is 9.74. The number of aromatic nitrogens is 3. The van der Waals surface area contributed by atoms with Crippen LogP contribution in [0.5, 0.6) is 0 Å². The fourth-order valence-electron chi connectivity index (χ4n) is 2.44. The van der Waals surface area contributed by atoms with Crippen LogP contribution >= 0.6 is 27.3 Å². The van der Waals surface area contributed by atoms with Crippen molar-refractivity contribution in [3.05, 3.63) is 37.1 Å². The SMILES string of the molecule is O=c1n(CCNCc2cc(Br)cs2)nc2n1CCCC2. The van der Waals surface area contributed by atoms with Gasteiger partial charge in [0.15, 0.2) is 0 Å². The molecule has 0 bridgehead atoms. The molecule has 20 heavy (non-hydrogen) atoms.